The van der Waals surface area contributed by atoms with Crippen LogP contribution in [0.2, 0.25) is 0 Å². The van der Waals surface area contributed by atoms with E-state index >= 15 is 0 Å². The second-order valence-electron chi connectivity index (χ2n) is 5.36. The normalized spacial score (nSPS) is 16.7. The first kappa shape index (κ1) is 14.9. The monoisotopic (exact) mass is 337 g/mol. The molecule has 0 saturated heterocycles. The Morgan fingerprint density at radius 2 is 2.00 bits per heavy atom. The smallest absolute Gasteiger partial charge is 0.275 e. The number of nitro benzene ring substituents is 1. The number of aliphatic imine (C=N–C) groups is 1. The number of carbonyl (C=O) groups is 1. The van der Waals surface area contributed by atoms with Gasteiger partial charge in [-0.25, -0.2) is 4.99 Å². The quantitative estimate of drug-likeness (QED) is 0.525. The number of hydrogen-bond donors (Lipinski definition) is 1. The number of hydrogen-bond acceptors (Lipinski definition) is 6. The number of fused-ring (bicyclic) bond motifs is 1. The second kappa shape index (κ2) is 5.75. The average molecular weight is 337 g/mol. The number of benzene rings is 2. The van der Waals surface area contributed by atoms with E-state index in [1.165, 1.54) is 12.1 Å². The fourth-order valence-corrected chi connectivity index (χ4v) is 2.53. The number of non-ortho nitro benzene ring substituents is 1. The summed E-state index contributed by atoms with van der Waals surface area (Å²) in [4.78, 5) is 26.8. The maximum absolute atomic E-state index is 12.1. The largest absolute Gasteiger partial charge is 0.454 e. The van der Waals surface area contributed by atoms with E-state index < -0.39 is 4.92 Å². The van der Waals surface area contributed by atoms with E-state index in [0.717, 1.165) is 5.56 Å². The predicted octanol–water partition coefficient (Wildman–Crippen LogP) is 2.24. The molecular weight excluding hydrogens is 326 g/mol. The van der Waals surface area contributed by atoms with E-state index in [4.69, 9.17) is 9.47 Å². The Hall–Kier alpha value is -3.68. The number of nitrogens with zero attached hydrogens (tertiary/aromatic N) is 2. The lowest BCUT2D eigenvalue weighted by molar-refractivity contribution is -0.384. The third-order valence-corrected chi connectivity index (χ3v) is 3.73. The SMILES string of the molecule is O=C1NC(c2cccc([N+](=O)[O-])c2)=NC1=Cc1ccc2c(c1)OCO2. The summed E-state index contributed by atoms with van der Waals surface area (Å²) in [5, 5.41) is 13.5. The molecule has 0 atom stereocenters. The minimum absolute atomic E-state index is 0.0670. The number of amides is 1. The Morgan fingerprint density at radius 3 is 2.84 bits per heavy atom. The molecule has 0 radical (unpaired) electrons. The van der Waals surface area contributed by atoms with Gasteiger partial charge < -0.3 is 14.8 Å². The number of nitrogens with one attached hydrogen (secondary N) is 1. The zero-order valence-electron chi connectivity index (χ0n) is 12.8. The summed E-state index contributed by atoms with van der Waals surface area (Å²) >= 11 is 0. The van der Waals surface area contributed by atoms with Gasteiger partial charge >= 0.3 is 0 Å². The highest BCUT2D eigenvalue weighted by Crippen LogP contribution is 2.33. The summed E-state index contributed by atoms with van der Waals surface area (Å²) in [7, 11) is 0. The van der Waals surface area contributed by atoms with E-state index in [2.05, 4.69) is 10.3 Å². The van der Waals surface area contributed by atoms with Crippen molar-refractivity contribution in [1.29, 1.82) is 0 Å². The Balaban J connectivity index is 1.66. The molecule has 0 unspecified atom stereocenters. The molecule has 8 nitrogen and oxygen atoms in total. The van der Waals surface area contributed by atoms with Crippen molar-refractivity contribution < 1.29 is 19.2 Å². The van der Waals surface area contributed by atoms with Crippen molar-refractivity contribution >= 4 is 23.5 Å². The molecular formula is C17H11N3O5. The van der Waals surface area contributed by atoms with Crippen LogP contribution in [0.3, 0.4) is 0 Å². The van der Waals surface area contributed by atoms with Crippen molar-refractivity contribution in [1.82, 2.24) is 5.32 Å². The highest BCUT2D eigenvalue weighted by atomic mass is 16.7. The van der Waals surface area contributed by atoms with Crippen LogP contribution in [-0.4, -0.2) is 23.5 Å². The first-order valence-electron chi connectivity index (χ1n) is 7.36. The summed E-state index contributed by atoms with van der Waals surface area (Å²) in [6.45, 7) is 0.172. The minimum atomic E-state index is -0.496. The summed E-state index contributed by atoms with van der Waals surface area (Å²) in [6, 6.07) is 11.2. The Kier molecular flexibility index (Phi) is 3.42. The predicted molar refractivity (Wildman–Crippen MR) is 88.3 cm³/mol. The van der Waals surface area contributed by atoms with Crippen molar-refractivity contribution in [2.24, 2.45) is 4.99 Å². The number of carbonyl (C=O) groups excluding carboxylic acids is 1. The van der Waals surface area contributed by atoms with Crippen LogP contribution >= 0.6 is 0 Å². The van der Waals surface area contributed by atoms with Gasteiger partial charge in [0.05, 0.1) is 4.92 Å². The van der Waals surface area contributed by atoms with E-state index in [1.807, 2.05) is 0 Å². The Morgan fingerprint density at radius 1 is 1.16 bits per heavy atom. The fraction of sp³-hybridized carbons (Fsp3) is 0.0588. The van der Waals surface area contributed by atoms with Gasteiger partial charge in [-0.1, -0.05) is 18.2 Å². The minimum Gasteiger partial charge on any atom is -0.454 e. The third-order valence-electron chi connectivity index (χ3n) is 3.73. The van der Waals surface area contributed by atoms with Gasteiger partial charge in [0.2, 0.25) is 6.79 Å². The van der Waals surface area contributed by atoms with Gasteiger partial charge in [-0.05, 0) is 23.8 Å². The summed E-state index contributed by atoms with van der Waals surface area (Å²) in [5.41, 5.74) is 1.35. The molecule has 0 bridgehead atoms. The molecule has 2 aromatic rings. The first-order chi connectivity index (χ1) is 12.1. The summed E-state index contributed by atoms with van der Waals surface area (Å²) in [6.07, 6.45) is 1.61. The zero-order valence-corrected chi connectivity index (χ0v) is 12.8. The van der Waals surface area contributed by atoms with Crippen LogP contribution < -0.4 is 14.8 Å². The van der Waals surface area contributed by atoms with Crippen LogP contribution in [0, 0.1) is 10.1 Å². The molecule has 0 saturated carbocycles. The van der Waals surface area contributed by atoms with Crippen LogP contribution in [0.1, 0.15) is 11.1 Å². The van der Waals surface area contributed by atoms with Crippen molar-refractivity contribution in [3.63, 3.8) is 0 Å². The van der Waals surface area contributed by atoms with E-state index in [0.29, 0.717) is 17.1 Å². The van der Waals surface area contributed by atoms with Crippen molar-refractivity contribution in [2.45, 2.75) is 0 Å². The zero-order chi connectivity index (χ0) is 17.4. The molecule has 2 aromatic carbocycles. The molecule has 1 N–H and O–H groups in total. The highest BCUT2D eigenvalue weighted by Gasteiger charge is 2.22. The van der Waals surface area contributed by atoms with Crippen molar-refractivity contribution in [3.05, 3.63) is 69.4 Å². The number of amidine groups is 1. The number of rotatable bonds is 3. The van der Waals surface area contributed by atoms with Gasteiger partial charge in [-0.3, -0.25) is 14.9 Å². The highest BCUT2D eigenvalue weighted by molar-refractivity contribution is 6.19. The maximum Gasteiger partial charge on any atom is 0.275 e. The molecule has 0 spiro atoms. The van der Waals surface area contributed by atoms with Crippen LogP contribution in [0.15, 0.2) is 53.2 Å². The van der Waals surface area contributed by atoms with Gasteiger partial charge in [-0.15, -0.1) is 0 Å². The molecule has 124 valence electrons. The van der Waals surface area contributed by atoms with Gasteiger partial charge in [-0.2, -0.15) is 0 Å². The molecule has 0 fully saturated rings. The second-order valence-corrected chi connectivity index (χ2v) is 5.36. The van der Waals surface area contributed by atoms with Gasteiger partial charge in [0.15, 0.2) is 11.5 Å². The molecule has 0 aliphatic carbocycles. The third kappa shape index (κ3) is 2.80. The molecule has 4 rings (SSSR count). The van der Waals surface area contributed by atoms with E-state index in [1.54, 1.807) is 36.4 Å². The summed E-state index contributed by atoms with van der Waals surface area (Å²) in [5.74, 6) is 1.16. The lowest BCUT2D eigenvalue weighted by Gasteiger charge is -1.99. The standard InChI is InChI=1S/C17H11N3O5/c21-17-13(6-10-4-5-14-15(7-10)25-9-24-14)18-16(19-17)11-2-1-3-12(8-11)20(22)23/h1-8H,9H2,(H,18,19,21). The fourth-order valence-electron chi connectivity index (χ4n) is 2.53. The molecule has 2 heterocycles. The molecule has 2 aliphatic rings. The Bertz CT molecular complexity index is 965. The van der Waals surface area contributed by atoms with Crippen LogP contribution in [0.4, 0.5) is 5.69 Å². The van der Waals surface area contributed by atoms with Gasteiger partial charge in [0.25, 0.3) is 11.6 Å². The molecule has 25 heavy (non-hydrogen) atoms. The molecule has 1 amide bonds. The average Bonchev–Trinajstić information content (AvgIpc) is 3.21. The first-order valence-corrected chi connectivity index (χ1v) is 7.36. The van der Waals surface area contributed by atoms with Gasteiger partial charge in [0.1, 0.15) is 11.5 Å². The van der Waals surface area contributed by atoms with Crippen LogP contribution in [0.5, 0.6) is 11.5 Å². The van der Waals surface area contributed by atoms with E-state index in [9.17, 15) is 14.9 Å². The van der Waals surface area contributed by atoms with Gasteiger partial charge in [0, 0.05) is 17.7 Å². The Labute approximate surface area is 141 Å². The molecule has 8 heteroatoms. The van der Waals surface area contributed by atoms with Crippen LogP contribution in [0.25, 0.3) is 6.08 Å². The number of nitro groups is 1. The molecule has 0 aromatic heterocycles. The lowest BCUT2D eigenvalue weighted by Crippen LogP contribution is -2.24. The maximum atomic E-state index is 12.1. The van der Waals surface area contributed by atoms with E-state index in [-0.39, 0.29) is 29.9 Å². The lowest BCUT2D eigenvalue weighted by atomic mass is 10.1. The van der Waals surface area contributed by atoms with Crippen molar-refractivity contribution in [2.75, 3.05) is 6.79 Å². The summed E-state index contributed by atoms with van der Waals surface area (Å²) < 4.78 is 10.5. The molecule has 2 aliphatic heterocycles. The van der Waals surface area contributed by atoms with Crippen LogP contribution in [-0.2, 0) is 4.79 Å². The number of ether oxygens (including phenoxy) is 2. The topological polar surface area (TPSA) is 103 Å². The van der Waals surface area contributed by atoms with Crippen molar-refractivity contribution in [3.8, 4) is 11.5 Å².